The van der Waals surface area contributed by atoms with Gasteiger partial charge in [-0.2, -0.15) is 0 Å². The van der Waals surface area contributed by atoms with Crippen molar-refractivity contribution in [2.24, 2.45) is 0 Å². The molecule has 0 aromatic rings. The number of nitrogens with zero attached hydrogens (tertiary/aromatic N) is 1. The normalized spacial score (nSPS) is 23.4. The lowest BCUT2D eigenvalue weighted by Crippen LogP contribution is -2.34. The number of ether oxygens (including phenoxy) is 1. The first-order chi connectivity index (χ1) is 4.83. The molecule has 1 fully saturated rings. The second kappa shape index (κ2) is 3.94. The van der Waals surface area contributed by atoms with Crippen LogP contribution in [0.3, 0.4) is 0 Å². The third-order valence-electron chi connectivity index (χ3n) is 2.07. The largest absolute Gasteiger partial charge is 0.378 e. The molecule has 0 unspecified atom stereocenters. The van der Waals surface area contributed by atoms with Crippen LogP contribution in [0.5, 0.6) is 0 Å². The van der Waals surface area contributed by atoms with Crippen LogP contribution >= 0.6 is 0 Å². The van der Waals surface area contributed by atoms with E-state index < -0.39 is 0 Å². The summed E-state index contributed by atoms with van der Waals surface area (Å²) in [4.78, 5) is 2.36. The van der Waals surface area contributed by atoms with E-state index in [9.17, 15) is 0 Å². The van der Waals surface area contributed by atoms with Crippen LogP contribution in [0.1, 0.15) is 19.8 Å². The molecule has 0 radical (unpaired) electrons. The predicted octanol–water partition coefficient (Wildman–Crippen LogP) is 1.12. The molecule has 1 heterocycles. The van der Waals surface area contributed by atoms with Gasteiger partial charge in [-0.05, 0) is 26.8 Å². The SMILES string of the molecule is CCOC1CCN(C)CC1. The van der Waals surface area contributed by atoms with E-state index in [2.05, 4.69) is 18.9 Å². The quantitative estimate of drug-likeness (QED) is 0.574. The highest BCUT2D eigenvalue weighted by atomic mass is 16.5. The second-order valence-corrected chi connectivity index (χ2v) is 2.96. The van der Waals surface area contributed by atoms with Crippen LogP contribution in [-0.4, -0.2) is 37.7 Å². The van der Waals surface area contributed by atoms with Crippen molar-refractivity contribution in [1.82, 2.24) is 4.90 Å². The van der Waals surface area contributed by atoms with Gasteiger partial charge in [-0.3, -0.25) is 0 Å². The molecule has 10 heavy (non-hydrogen) atoms. The Morgan fingerprint density at radius 3 is 2.50 bits per heavy atom. The van der Waals surface area contributed by atoms with Crippen LogP contribution in [0.15, 0.2) is 0 Å². The number of hydrogen-bond acceptors (Lipinski definition) is 2. The summed E-state index contributed by atoms with van der Waals surface area (Å²) in [6, 6.07) is 0. The number of hydrogen-bond donors (Lipinski definition) is 0. The summed E-state index contributed by atoms with van der Waals surface area (Å²) in [5.41, 5.74) is 0. The van der Waals surface area contributed by atoms with Crippen molar-refractivity contribution in [1.29, 1.82) is 0 Å². The van der Waals surface area contributed by atoms with Gasteiger partial charge in [0.15, 0.2) is 0 Å². The Morgan fingerprint density at radius 2 is 2.00 bits per heavy atom. The lowest BCUT2D eigenvalue weighted by molar-refractivity contribution is 0.0197. The summed E-state index contributed by atoms with van der Waals surface area (Å²) in [7, 11) is 2.17. The van der Waals surface area contributed by atoms with E-state index in [0.29, 0.717) is 6.10 Å². The average Bonchev–Trinajstić information content (AvgIpc) is 1.95. The molecule has 0 aromatic heterocycles. The molecule has 1 saturated heterocycles. The van der Waals surface area contributed by atoms with Crippen molar-refractivity contribution in [2.75, 3.05) is 26.7 Å². The van der Waals surface area contributed by atoms with Gasteiger partial charge < -0.3 is 9.64 Å². The molecule has 2 heteroatoms. The van der Waals surface area contributed by atoms with Gasteiger partial charge in [-0.1, -0.05) is 0 Å². The minimum atomic E-state index is 0.543. The first-order valence-corrected chi connectivity index (χ1v) is 4.13. The lowest BCUT2D eigenvalue weighted by atomic mass is 10.1. The van der Waals surface area contributed by atoms with Gasteiger partial charge in [-0.15, -0.1) is 0 Å². The van der Waals surface area contributed by atoms with Crippen molar-refractivity contribution < 1.29 is 4.74 Å². The van der Waals surface area contributed by atoms with E-state index in [1.54, 1.807) is 0 Å². The topological polar surface area (TPSA) is 12.5 Å². The van der Waals surface area contributed by atoms with E-state index in [4.69, 9.17) is 4.74 Å². The monoisotopic (exact) mass is 143 g/mol. The molecule has 0 N–H and O–H groups in total. The van der Waals surface area contributed by atoms with E-state index >= 15 is 0 Å². The minimum absolute atomic E-state index is 0.543. The maximum atomic E-state index is 5.50. The van der Waals surface area contributed by atoms with Crippen LogP contribution in [-0.2, 0) is 4.74 Å². The van der Waals surface area contributed by atoms with Gasteiger partial charge in [0.1, 0.15) is 0 Å². The standard InChI is InChI=1S/C8H17NO/c1-3-10-8-4-6-9(2)7-5-8/h8H,3-7H2,1-2H3. The second-order valence-electron chi connectivity index (χ2n) is 2.96. The van der Waals surface area contributed by atoms with Crippen LogP contribution in [0.2, 0.25) is 0 Å². The number of rotatable bonds is 2. The summed E-state index contributed by atoms with van der Waals surface area (Å²) in [5, 5.41) is 0. The zero-order chi connectivity index (χ0) is 7.40. The molecular weight excluding hydrogens is 126 g/mol. The molecule has 0 aromatic carbocycles. The zero-order valence-corrected chi connectivity index (χ0v) is 6.97. The number of piperidine rings is 1. The molecule has 2 nitrogen and oxygen atoms in total. The summed E-state index contributed by atoms with van der Waals surface area (Å²) >= 11 is 0. The molecular formula is C8H17NO. The fourth-order valence-electron chi connectivity index (χ4n) is 1.39. The van der Waals surface area contributed by atoms with Crippen LogP contribution in [0.25, 0.3) is 0 Å². The molecule has 1 aliphatic rings. The van der Waals surface area contributed by atoms with Gasteiger partial charge in [0.05, 0.1) is 6.10 Å². The van der Waals surface area contributed by atoms with Gasteiger partial charge >= 0.3 is 0 Å². The van der Waals surface area contributed by atoms with Crippen molar-refractivity contribution in [3.05, 3.63) is 0 Å². The van der Waals surface area contributed by atoms with Crippen LogP contribution < -0.4 is 0 Å². The summed E-state index contributed by atoms with van der Waals surface area (Å²) in [6.45, 7) is 5.34. The first kappa shape index (κ1) is 8.02. The molecule has 0 aliphatic carbocycles. The van der Waals surface area contributed by atoms with Gasteiger partial charge in [0.2, 0.25) is 0 Å². The summed E-state index contributed by atoms with van der Waals surface area (Å²) in [5.74, 6) is 0. The molecule has 0 bridgehead atoms. The van der Waals surface area contributed by atoms with Crippen LogP contribution in [0.4, 0.5) is 0 Å². The van der Waals surface area contributed by atoms with E-state index in [1.807, 2.05) is 0 Å². The lowest BCUT2D eigenvalue weighted by Gasteiger charge is -2.28. The highest BCUT2D eigenvalue weighted by Gasteiger charge is 2.15. The first-order valence-electron chi connectivity index (χ1n) is 4.13. The van der Waals surface area contributed by atoms with Crippen molar-refractivity contribution in [2.45, 2.75) is 25.9 Å². The minimum Gasteiger partial charge on any atom is -0.378 e. The van der Waals surface area contributed by atoms with E-state index in [0.717, 1.165) is 6.61 Å². The predicted molar refractivity (Wildman–Crippen MR) is 42.1 cm³/mol. The Hall–Kier alpha value is -0.0800. The maximum Gasteiger partial charge on any atom is 0.0599 e. The molecule has 1 rings (SSSR count). The van der Waals surface area contributed by atoms with Crippen LogP contribution in [0, 0.1) is 0 Å². The third kappa shape index (κ3) is 2.27. The van der Waals surface area contributed by atoms with Crippen molar-refractivity contribution in [3.63, 3.8) is 0 Å². The molecule has 0 saturated carbocycles. The van der Waals surface area contributed by atoms with Gasteiger partial charge in [0, 0.05) is 19.7 Å². The Bertz CT molecular complexity index is 87.3. The van der Waals surface area contributed by atoms with Gasteiger partial charge in [-0.25, -0.2) is 0 Å². The summed E-state index contributed by atoms with van der Waals surface area (Å²) < 4.78 is 5.50. The third-order valence-corrected chi connectivity index (χ3v) is 2.07. The Labute approximate surface area is 63.2 Å². The Balaban J connectivity index is 2.13. The molecule has 1 aliphatic heterocycles. The number of likely N-dealkylation sites (tertiary alicyclic amines) is 1. The van der Waals surface area contributed by atoms with E-state index in [-0.39, 0.29) is 0 Å². The highest BCUT2D eigenvalue weighted by Crippen LogP contribution is 2.11. The maximum absolute atomic E-state index is 5.50. The molecule has 0 atom stereocenters. The Kier molecular flexibility index (Phi) is 3.16. The average molecular weight is 143 g/mol. The van der Waals surface area contributed by atoms with E-state index in [1.165, 1.54) is 25.9 Å². The smallest absolute Gasteiger partial charge is 0.0599 e. The fourth-order valence-corrected chi connectivity index (χ4v) is 1.39. The fraction of sp³-hybridized carbons (Fsp3) is 1.00. The molecule has 0 spiro atoms. The molecule has 60 valence electrons. The molecule has 0 amide bonds. The van der Waals surface area contributed by atoms with Gasteiger partial charge in [0.25, 0.3) is 0 Å². The van der Waals surface area contributed by atoms with Crippen molar-refractivity contribution >= 4 is 0 Å². The highest BCUT2D eigenvalue weighted by molar-refractivity contribution is 4.69. The Morgan fingerprint density at radius 1 is 1.40 bits per heavy atom. The van der Waals surface area contributed by atoms with Crippen molar-refractivity contribution in [3.8, 4) is 0 Å². The summed E-state index contributed by atoms with van der Waals surface area (Å²) in [6.07, 6.45) is 2.97. The zero-order valence-electron chi connectivity index (χ0n) is 6.97.